The average molecular weight is 443 g/mol. The molecular weight excluding hydrogens is 427 g/mol. The van der Waals surface area contributed by atoms with Crippen molar-refractivity contribution in [2.24, 2.45) is 0 Å². The van der Waals surface area contributed by atoms with Crippen molar-refractivity contribution in [3.05, 3.63) is 66.6 Å². The van der Waals surface area contributed by atoms with Gasteiger partial charge in [0.2, 0.25) is 5.16 Å². The predicted octanol–water partition coefficient (Wildman–Crippen LogP) is 4.36. The molecule has 0 atom stereocenters. The fraction of sp³-hybridized carbons (Fsp3) is 0.150. The van der Waals surface area contributed by atoms with Crippen molar-refractivity contribution in [3.8, 4) is 17.1 Å². The van der Waals surface area contributed by atoms with Crippen LogP contribution >= 0.6 is 11.8 Å². The van der Waals surface area contributed by atoms with Crippen LogP contribution in [0.2, 0.25) is 0 Å². The average Bonchev–Trinajstić information content (AvgIpc) is 3.17. The summed E-state index contributed by atoms with van der Waals surface area (Å²) in [6.07, 6.45) is -1.34. The molecule has 0 radical (unpaired) electrons. The van der Waals surface area contributed by atoms with Crippen LogP contribution in [0.15, 0.2) is 71.2 Å². The number of para-hydroxylation sites is 1. The van der Waals surface area contributed by atoms with Crippen LogP contribution in [0.5, 0.6) is 0 Å². The number of hydrogen-bond donors (Lipinski definition) is 0. The predicted molar refractivity (Wildman–Crippen MR) is 110 cm³/mol. The van der Waals surface area contributed by atoms with E-state index in [1.807, 2.05) is 30.3 Å². The second kappa shape index (κ2) is 8.34. The monoisotopic (exact) mass is 443 g/mol. The summed E-state index contributed by atoms with van der Waals surface area (Å²) in [6, 6.07) is 13.8. The maximum Gasteiger partial charge on any atom is 0.433 e. The van der Waals surface area contributed by atoms with E-state index >= 15 is 0 Å². The van der Waals surface area contributed by atoms with Gasteiger partial charge in [-0.25, -0.2) is 9.97 Å². The molecule has 0 saturated heterocycles. The summed E-state index contributed by atoms with van der Waals surface area (Å²) in [4.78, 5) is 13.5. The van der Waals surface area contributed by atoms with Gasteiger partial charge in [0.1, 0.15) is 5.82 Å². The van der Waals surface area contributed by atoms with Gasteiger partial charge in [0.15, 0.2) is 16.7 Å². The van der Waals surface area contributed by atoms with Gasteiger partial charge in [0.25, 0.3) is 0 Å². The second-order valence-electron chi connectivity index (χ2n) is 6.60. The molecule has 0 fully saturated rings. The van der Waals surface area contributed by atoms with Gasteiger partial charge in [0.05, 0.1) is 0 Å². The Morgan fingerprint density at radius 3 is 2.29 bits per heavy atom. The molecule has 4 rings (SSSR count). The molecule has 31 heavy (non-hydrogen) atoms. The molecule has 0 aliphatic carbocycles. The summed E-state index contributed by atoms with van der Waals surface area (Å²) < 4.78 is 41.8. The zero-order valence-corrected chi connectivity index (χ0v) is 17.3. The molecular formula is C20H16F3N7S. The Balaban J connectivity index is 1.83. The molecule has 1 aromatic carbocycles. The SMILES string of the molecule is CN(C)c1cc(C(F)(F)F)nc(Sc2nnc(-c3ccncc3)n2-c2ccccc2)n1. The minimum Gasteiger partial charge on any atom is -0.363 e. The van der Waals surface area contributed by atoms with E-state index in [4.69, 9.17) is 0 Å². The first-order valence-electron chi connectivity index (χ1n) is 9.05. The van der Waals surface area contributed by atoms with E-state index in [0.29, 0.717) is 11.0 Å². The number of hydrogen-bond acceptors (Lipinski definition) is 7. The van der Waals surface area contributed by atoms with Gasteiger partial charge in [-0.05, 0) is 36.0 Å². The van der Waals surface area contributed by atoms with Crippen LogP contribution in [0.4, 0.5) is 19.0 Å². The molecule has 3 aromatic heterocycles. The summed E-state index contributed by atoms with van der Waals surface area (Å²) in [5, 5.41) is 8.73. The third kappa shape index (κ3) is 4.50. The summed E-state index contributed by atoms with van der Waals surface area (Å²) in [5.74, 6) is 0.667. The topological polar surface area (TPSA) is 72.6 Å². The molecule has 0 spiro atoms. The lowest BCUT2D eigenvalue weighted by molar-refractivity contribution is -0.141. The standard InChI is InChI=1S/C20H16F3N7S/c1-29(2)16-12-15(20(21,22)23)25-18(26-16)31-19-28-27-17(13-8-10-24-11-9-13)30(19)14-6-4-3-5-7-14/h3-12H,1-2H3. The van der Waals surface area contributed by atoms with Gasteiger partial charge in [-0.3, -0.25) is 9.55 Å². The number of alkyl halides is 3. The molecule has 0 unspecified atom stereocenters. The largest absolute Gasteiger partial charge is 0.433 e. The molecule has 0 bridgehead atoms. The number of benzene rings is 1. The number of anilines is 1. The Labute approximate surface area is 180 Å². The maximum absolute atomic E-state index is 13.4. The lowest BCUT2D eigenvalue weighted by atomic mass is 10.2. The van der Waals surface area contributed by atoms with Gasteiger partial charge < -0.3 is 4.90 Å². The molecule has 0 aliphatic rings. The fourth-order valence-corrected chi connectivity index (χ4v) is 3.56. The zero-order chi connectivity index (χ0) is 22.0. The first kappa shape index (κ1) is 20.8. The van der Waals surface area contributed by atoms with Crippen LogP contribution in [-0.4, -0.2) is 43.8 Å². The molecule has 0 N–H and O–H groups in total. The second-order valence-corrected chi connectivity index (χ2v) is 7.54. The first-order chi connectivity index (χ1) is 14.8. The van der Waals surface area contributed by atoms with Crippen molar-refractivity contribution in [2.75, 3.05) is 19.0 Å². The van der Waals surface area contributed by atoms with Crippen molar-refractivity contribution in [1.29, 1.82) is 0 Å². The van der Waals surface area contributed by atoms with Gasteiger partial charge in [-0.1, -0.05) is 18.2 Å². The van der Waals surface area contributed by atoms with Crippen LogP contribution in [0.3, 0.4) is 0 Å². The highest BCUT2D eigenvalue weighted by Crippen LogP contribution is 2.34. The zero-order valence-electron chi connectivity index (χ0n) is 16.4. The molecule has 0 aliphatic heterocycles. The van der Waals surface area contributed by atoms with Crippen LogP contribution in [0.1, 0.15) is 5.69 Å². The number of nitrogens with zero attached hydrogens (tertiary/aromatic N) is 7. The molecule has 11 heteroatoms. The van der Waals surface area contributed by atoms with E-state index in [0.717, 1.165) is 29.1 Å². The van der Waals surface area contributed by atoms with Gasteiger partial charge in [-0.15, -0.1) is 10.2 Å². The fourth-order valence-electron chi connectivity index (χ4n) is 2.75. The van der Waals surface area contributed by atoms with E-state index in [2.05, 4.69) is 25.1 Å². The van der Waals surface area contributed by atoms with Crippen molar-refractivity contribution in [2.45, 2.75) is 16.5 Å². The molecule has 158 valence electrons. The molecule has 3 heterocycles. The summed E-state index contributed by atoms with van der Waals surface area (Å²) in [6.45, 7) is 0. The van der Waals surface area contributed by atoms with Gasteiger partial charge in [-0.2, -0.15) is 13.2 Å². The van der Waals surface area contributed by atoms with E-state index in [1.165, 1.54) is 4.90 Å². The molecule has 7 nitrogen and oxygen atoms in total. The lowest BCUT2D eigenvalue weighted by Crippen LogP contribution is -2.16. The van der Waals surface area contributed by atoms with Crippen LogP contribution in [-0.2, 0) is 6.18 Å². The van der Waals surface area contributed by atoms with Crippen LogP contribution in [0.25, 0.3) is 17.1 Å². The van der Waals surface area contributed by atoms with E-state index < -0.39 is 11.9 Å². The quantitative estimate of drug-likeness (QED) is 0.425. The van der Waals surface area contributed by atoms with E-state index in [1.54, 1.807) is 43.2 Å². The number of pyridine rings is 1. The van der Waals surface area contributed by atoms with Crippen molar-refractivity contribution < 1.29 is 13.2 Å². The van der Waals surface area contributed by atoms with Gasteiger partial charge in [0, 0.05) is 43.8 Å². The highest BCUT2D eigenvalue weighted by atomic mass is 32.2. The number of aromatic nitrogens is 6. The third-order valence-electron chi connectivity index (χ3n) is 4.21. The third-order valence-corrected chi connectivity index (χ3v) is 5.02. The Bertz CT molecular complexity index is 1180. The Morgan fingerprint density at radius 2 is 1.65 bits per heavy atom. The first-order valence-corrected chi connectivity index (χ1v) is 9.87. The molecule has 0 saturated carbocycles. The normalized spacial score (nSPS) is 11.5. The lowest BCUT2D eigenvalue weighted by Gasteiger charge is -2.15. The van der Waals surface area contributed by atoms with Gasteiger partial charge >= 0.3 is 6.18 Å². The summed E-state index contributed by atoms with van der Waals surface area (Å²) in [7, 11) is 3.23. The smallest absolute Gasteiger partial charge is 0.363 e. The van der Waals surface area contributed by atoms with E-state index in [-0.39, 0.29) is 11.0 Å². The number of rotatable bonds is 5. The van der Waals surface area contributed by atoms with Crippen LogP contribution in [0, 0.1) is 0 Å². The summed E-state index contributed by atoms with van der Waals surface area (Å²) in [5.41, 5.74) is 0.493. The maximum atomic E-state index is 13.4. The number of halogens is 3. The Hall–Kier alpha value is -3.47. The van der Waals surface area contributed by atoms with Crippen molar-refractivity contribution >= 4 is 17.6 Å². The minimum absolute atomic E-state index is 0.0793. The van der Waals surface area contributed by atoms with E-state index in [9.17, 15) is 13.2 Å². The Morgan fingerprint density at radius 1 is 0.935 bits per heavy atom. The van der Waals surface area contributed by atoms with Crippen molar-refractivity contribution in [1.82, 2.24) is 29.7 Å². The molecule has 4 aromatic rings. The van der Waals surface area contributed by atoms with Crippen molar-refractivity contribution in [3.63, 3.8) is 0 Å². The Kier molecular flexibility index (Phi) is 5.59. The highest BCUT2D eigenvalue weighted by Gasteiger charge is 2.34. The highest BCUT2D eigenvalue weighted by molar-refractivity contribution is 7.99. The summed E-state index contributed by atoms with van der Waals surface area (Å²) >= 11 is 0.911. The van der Waals surface area contributed by atoms with Crippen LogP contribution < -0.4 is 4.90 Å². The minimum atomic E-state index is -4.60. The molecule has 0 amide bonds.